The monoisotopic (exact) mass is 402 g/mol. The second kappa shape index (κ2) is 21.2. The number of hydrogen-bond acceptors (Lipinski definition) is 6. The summed E-state index contributed by atoms with van der Waals surface area (Å²) < 4.78 is 33.7. The fourth-order valence-electron chi connectivity index (χ4n) is 2.88. The molecular weight excluding hydrogens is 360 g/mol. The molecule has 166 valence electrons. The van der Waals surface area contributed by atoms with Crippen molar-refractivity contribution >= 4 is 0 Å². The van der Waals surface area contributed by atoms with E-state index in [1.807, 2.05) is 6.08 Å². The number of ether oxygens (including phenoxy) is 6. The van der Waals surface area contributed by atoms with E-state index < -0.39 is 0 Å². The quantitative estimate of drug-likeness (QED) is 0.366. The van der Waals surface area contributed by atoms with Gasteiger partial charge in [0.2, 0.25) is 0 Å². The summed E-state index contributed by atoms with van der Waals surface area (Å²) in [5.41, 5.74) is 0. The Kier molecular flexibility index (Phi) is 19.3. The van der Waals surface area contributed by atoms with Crippen LogP contribution in [0.5, 0.6) is 0 Å². The Bertz CT molecular complexity index is 310. The van der Waals surface area contributed by atoms with Gasteiger partial charge >= 0.3 is 0 Å². The van der Waals surface area contributed by atoms with Crippen molar-refractivity contribution in [3.63, 3.8) is 0 Å². The van der Waals surface area contributed by atoms with Crippen molar-refractivity contribution in [3.05, 3.63) is 12.7 Å². The average Bonchev–Trinajstić information content (AvgIpc) is 2.72. The van der Waals surface area contributed by atoms with Gasteiger partial charge < -0.3 is 28.4 Å². The molecule has 1 unspecified atom stereocenters. The third-order valence-corrected chi connectivity index (χ3v) is 4.50. The van der Waals surface area contributed by atoms with Gasteiger partial charge in [0.25, 0.3) is 0 Å². The smallest absolute Gasteiger partial charge is 0.104 e. The van der Waals surface area contributed by atoms with Crippen molar-refractivity contribution in [2.24, 2.45) is 0 Å². The van der Waals surface area contributed by atoms with E-state index in [-0.39, 0.29) is 6.10 Å². The van der Waals surface area contributed by atoms with Gasteiger partial charge in [-0.05, 0) is 19.3 Å². The van der Waals surface area contributed by atoms with Crippen LogP contribution in [0.2, 0.25) is 0 Å². The second-order valence-electron chi connectivity index (χ2n) is 7.03. The Morgan fingerprint density at radius 2 is 1.21 bits per heavy atom. The van der Waals surface area contributed by atoms with Gasteiger partial charge in [0.05, 0.1) is 66.1 Å². The summed E-state index contributed by atoms with van der Waals surface area (Å²) in [5, 5.41) is 0. The largest absolute Gasteiger partial charge is 0.379 e. The summed E-state index contributed by atoms with van der Waals surface area (Å²) in [5.74, 6) is 0. The van der Waals surface area contributed by atoms with Crippen molar-refractivity contribution < 1.29 is 28.4 Å². The molecule has 0 amide bonds. The maximum atomic E-state index is 5.85. The Labute approximate surface area is 171 Å². The third kappa shape index (κ3) is 17.6. The van der Waals surface area contributed by atoms with Crippen LogP contribution in [-0.4, -0.2) is 78.8 Å². The summed E-state index contributed by atoms with van der Waals surface area (Å²) >= 11 is 0. The van der Waals surface area contributed by atoms with E-state index in [0.29, 0.717) is 66.1 Å². The fourth-order valence-corrected chi connectivity index (χ4v) is 2.88. The fraction of sp³-hybridized carbons (Fsp3) is 0.909. The molecule has 1 heterocycles. The number of unbranched alkanes of at least 4 members (excludes halogenated alkanes) is 7. The molecule has 0 aromatic carbocycles. The molecule has 0 aliphatic carbocycles. The molecule has 0 aromatic heterocycles. The van der Waals surface area contributed by atoms with Crippen molar-refractivity contribution in [1.29, 1.82) is 0 Å². The van der Waals surface area contributed by atoms with Crippen LogP contribution in [0.25, 0.3) is 0 Å². The van der Waals surface area contributed by atoms with E-state index in [0.717, 1.165) is 19.4 Å². The molecule has 0 bridgehead atoms. The van der Waals surface area contributed by atoms with E-state index in [9.17, 15) is 0 Å². The van der Waals surface area contributed by atoms with Crippen molar-refractivity contribution in [2.45, 2.75) is 57.5 Å². The first-order valence-corrected chi connectivity index (χ1v) is 11.0. The molecule has 1 atom stereocenters. The van der Waals surface area contributed by atoms with Crippen molar-refractivity contribution in [3.8, 4) is 0 Å². The molecule has 0 saturated carbocycles. The highest BCUT2D eigenvalue weighted by molar-refractivity contribution is 4.65. The molecule has 6 heteroatoms. The van der Waals surface area contributed by atoms with Crippen LogP contribution in [-0.2, 0) is 28.4 Å². The molecule has 0 spiro atoms. The molecule has 0 radical (unpaired) electrons. The average molecular weight is 403 g/mol. The molecule has 1 fully saturated rings. The van der Waals surface area contributed by atoms with E-state index in [4.69, 9.17) is 28.4 Å². The highest BCUT2D eigenvalue weighted by Gasteiger charge is 2.10. The van der Waals surface area contributed by atoms with Crippen LogP contribution in [0.3, 0.4) is 0 Å². The Balaban J connectivity index is 2.02. The standard InChI is InChI=1S/C22H42O6/c1-2-3-4-5-6-7-8-9-10-11-26-20-22-21-27-17-16-24-13-12-23-14-15-25-18-19-28-22/h2,22H,1,3-21H2. The molecule has 6 nitrogen and oxygen atoms in total. The van der Waals surface area contributed by atoms with E-state index in [1.54, 1.807) is 0 Å². The van der Waals surface area contributed by atoms with Crippen molar-refractivity contribution in [2.75, 3.05) is 72.7 Å². The van der Waals surface area contributed by atoms with Crippen LogP contribution < -0.4 is 0 Å². The first-order valence-electron chi connectivity index (χ1n) is 11.0. The molecule has 1 rings (SSSR count). The van der Waals surface area contributed by atoms with Gasteiger partial charge in [0.1, 0.15) is 6.10 Å². The molecular formula is C22H42O6. The first kappa shape index (κ1) is 25.5. The predicted octanol–water partition coefficient (Wildman–Crippen LogP) is 3.78. The van der Waals surface area contributed by atoms with Gasteiger partial charge in [-0.25, -0.2) is 0 Å². The molecule has 0 aromatic rings. The maximum absolute atomic E-state index is 5.85. The lowest BCUT2D eigenvalue weighted by molar-refractivity contribution is -0.0778. The van der Waals surface area contributed by atoms with Crippen LogP contribution in [0.15, 0.2) is 12.7 Å². The lowest BCUT2D eigenvalue weighted by Gasteiger charge is -2.18. The molecule has 0 N–H and O–H groups in total. The van der Waals surface area contributed by atoms with Gasteiger partial charge in [0.15, 0.2) is 0 Å². The molecule has 1 saturated heterocycles. The zero-order chi connectivity index (χ0) is 20.0. The first-order chi connectivity index (χ1) is 13.9. The highest BCUT2D eigenvalue weighted by atomic mass is 16.6. The van der Waals surface area contributed by atoms with Crippen LogP contribution in [0.1, 0.15) is 51.4 Å². The van der Waals surface area contributed by atoms with Crippen molar-refractivity contribution in [1.82, 2.24) is 0 Å². The minimum Gasteiger partial charge on any atom is -0.379 e. The van der Waals surface area contributed by atoms with Gasteiger partial charge in [-0.3, -0.25) is 0 Å². The Morgan fingerprint density at radius 3 is 1.86 bits per heavy atom. The Morgan fingerprint density at radius 1 is 0.679 bits per heavy atom. The van der Waals surface area contributed by atoms with E-state index >= 15 is 0 Å². The zero-order valence-corrected chi connectivity index (χ0v) is 17.7. The summed E-state index contributed by atoms with van der Waals surface area (Å²) in [7, 11) is 0. The van der Waals surface area contributed by atoms with Crippen LogP contribution in [0.4, 0.5) is 0 Å². The van der Waals surface area contributed by atoms with E-state index in [2.05, 4.69) is 6.58 Å². The lowest BCUT2D eigenvalue weighted by Crippen LogP contribution is -2.28. The van der Waals surface area contributed by atoms with Gasteiger partial charge in [-0.15, -0.1) is 6.58 Å². The van der Waals surface area contributed by atoms with Crippen LogP contribution >= 0.6 is 0 Å². The second-order valence-corrected chi connectivity index (χ2v) is 7.03. The number of hydrogen-bond donors (Lipinski definition) is 0. The van der Waals surface area contributed by atoms with Gasteiger partial charge in [-0.2, -0.15) is 0 Å². The molecule has 28 heavy (non-hydrogen) atoms. The summed E-state index contributed by atoms with van der Waals surface area (Å²) in [6, 6.07) is 0. The van der Waals surface area contributed by atoms with Crippen LogP contribution in [0, 0.1) is 0 Å². The number of allylic oxidation sites excluding steroid dienone is 1. The summed E-state index contributed by atoms with van der Waals surface area (Å²) in [4.78, 5) is 0. The lowest BCUT2D eigenvalue weighted by atomic mass is 10.1. The highest BCUT2D eigenvalue weighted by Crippen LogP contribution is 2.09. The number of rotatable bonds is 12. The summed E-state index contributed by atoms with van der Waals surface area (Å²) in [6.45, 7) is 10.2. The summed E-state index contributed by atoms with van der Waals surface area (Å²) in [6.07, 6.45) is 12.0. The topological polar surface area (TPSA) is 55.4 Å². The molecule has 1 aliphatic rings. The normalized spacial score (nSPS) is 20.9. The maximum Gasteiger partial charge on any atom is 0.104 e. The predicted molar refractivity (Wildman–Crippen MR) is 111 cm³/mol. The Hall–Kier alpha value is -0.500. The molecule has 1 aliphatic heterocycles. The van der Waals surface area contributed by atoms with E-state index in [1.165, 1.54) is 38.5 Å². The third-order valence-electron chi connectivity index (χ3n) is 4.50. The minimum absolute atomic E-state index is 0.0603. The van der Waals surface area contributed by atoms with Gasteiger partial charge in [0, 0.05) is 6.61 Å². The SMILES string of the molecule is C=CCCCCCCCCCOCC1COCCOCCOCCOCCO1. The van der Waals surface area contributed by atoms with Gasteiger partial charge in [-0.1, -0.05) is 38.2 Å². The minimum atomic E-state index is -0.0603. The zero-order valence-electron chi connectivity index (χ0n) is 17.7.